The standard InChI is InChI=1S/C16H33NO2.C2H6/c1-3-6-15(7-4-2)8-5-9-16-14-19-13-11-17(16)10-12-18;1-2/h15-16,18H,3-14H2,1-2H3;1-2H3. The molecule has 1 rings (SSSR count). The Kier molecular flexibility index (Phi) is 14.7. The topological polar surface area (TPSA) is 32.7 Å². The average molecular weight is 302 g/mol. The predicted octanol–water partition coefficient (Wildman–Crippen LogP) is 4.09. The van der Waals surface area contributed by atoms with Gasteiger partial charge in [0.25, 0.3) is 0 Å². The molecule has 0 radical (unpaired) electrons. The van der Waals surface area contributed by atoms with Crippen molar-refractivity contribution < 1.29 is 9.84 Å². The van der Waals surface area contributed by atoms with Gasteiger partial charge < -0.3 is 9.84 Å². The number of hydrogen-bond donors (Lipinski definition) is 1. The molecule has 0 spiro atoms. The zero-order valence-electron chi connectivity index (χ0n) is 14.9. The third kappa shape index (κ3) is 9.49. The van der Waals surface area contributed by atoms with Crippen LogP contribution in [-0.2, 0) is 4.74 Å². The largest absolute Gasteiger partial charge is 0.395 e. The van der Waals surface area contributed by atoms with Crippen molar-refractivity contribution >= 4 is 0 Å². The Labute approximate surface area is 133 Å². The summed E-state index contributed by atoms with van der Waals surface area (Å²) in [5, 5.41) is 9.11. The number of β-amino-alcohol motifs (C(OH)–C–C–N with tert-alkyl or cyclic N) is 1. The highest BCUT2D eigenvalue weighted by Gasteiger charge is 2.22. The van der Waals surface area contributed by atoms with E-state index in [9.17, 15) is 0 Å². The quantitative estimate of drug-likeness (QED) is 0.659. The van der Waals surface area contributed by atoms with Gasteiger partial charge in [-0.15, -0.1) is 0 Å². The maximum Gasteiger partial charge on any atom is 0.0622 e. The fourth-order valence-corrected chi connectivity index (χ4v) is 3.27. The Bertz CT molecular complexity index is 203. The van der Waals surface area contributed by atoms with Crippen LogP contribution in [0.2, 0.25) is 0 Å². The summed E-state index contributed by atoms with van der Waals surface area (Å²) in [4.78, 5) is 2.40. The highest BCUT2D eigenvalue weighted by atomic mass is 16.5. The van der Waals surface area contributed by atoms with Crippen LogP contribution in [0, 0.1) is 5.92 Å². The highest BCUT2D eigenvalue weighted by molar-refractivity contribution is 4.75. The number of aliphatic hydroxyl groups excluding tert-OH is 1. The van der Waals surface area contributed by atoms with Gasteiger partial charge in [-0.2, -0.15) is 0 Å². The van der Waals surface area contributed by atoms with Crippen LogP contribution in [0.1, 0.15) is 72.6 Å². The van der Waals surface area contributed by atoms with E-state index >= 15 is 0 Å². The molecule has 1 heterocycles. The van der Waals surface area contributed by atoms with Crippen molar-refractivity contribution in [1.82, 2.24) is 4.90 Å². The van der Waals surface area contributed by atoms with E-state index in [1.807, 2.05) is 13.8 Å². The summed E-state index contributed by atoms with van der Waals surface area (Å²) < 4.78 is 5.59. The molecule has 1 aliphatic heterocycles. The Hall–Kier alpha value is -0.120. The van der Waals surface area contributed by atoms with Crippen LogP contribution < -0.4 is 0 Å². The molecule has 0 amide bonds. The van der Waals surface area contributed by atoms with Crippen LogP contribution in [-0.4, -0.2) is 49.0 Å². The summed E-state index contributed by atoms with van der Waals surface area (Å²) in [6, 6.07) is 0.532. The molecule has 3 nitrogen and oxygen atoms in total. The van der Waals surface area contributed by atoms with Crippen LogP contribution >= 0.6 is 0 Å². The van der Waals surface area contributed by atoms with Crippen molar-refractivity contribution in [2.45, 2.75) is 78.7 Å². The van der Waals surface area contributed by atoms with Crippen LogP contribution in [0.25, 0.3) is 0 Å². The van der Waals surface area contributed by atoms with Gasteiger partial charge in [0, 0.05) is 19.1 Å². The molecule has 1 atom stereocenters. The van der Waals surface area contributed by atoms with E-state index < -0.39 is 0 Å². The lowest BCUT2D eigenvalue weighted by Crippen LogP contribution is -2.46. The van der Waals surface area contributed by atoms with Gasteiger partial charge in [-0.3, -0.25) is 4.90 Å². The fraction of sp³-hybridized carbons (Fsp3) is 1.00. The first-order chi connectivity index (χ1) is 10.3. The van der Waals surface area contributed by atoms with E-state index in [1.54, 1.807) is 0 Å². The zero-order valence-corrected chi connectivity index (χ0v) is 14.9. The van der Waals surface area contributed by atoms with Crippen molar-refractivity contribution in [2.75, 3.05) is 32.9 Å². The number of ether oxygens (including phenoxy) is 1. The van der Waals surface area contributed by atoms with E-state index in [0.29, 0.717) is 6.04 Å². The minimum atomic E-state index is 0.269. The molecule has 1 aliphatic rings. The molecule has 3 heteroatoms. The van der Waals surface area contributed by atoms with Gasteiger partial charge in [0.15, 0.2) is 0 Å². The van der Waals surface area contributed by atoms with Crippen molar-refractivity contribution in [2.24, 2.45) is 5.92 Å². The van der Waals surface area contributed by atoms with Gasteiger partial charge in [-0.25, -0.2) is 0 Å². The first kappa shape index (κ1) is 20.9. The Morgan fingerprint density at radius 2 is 1.81 bits per heavy atom. The van der Waals surface area contributed by atoms with Crippen molar-refractivity contribution in [3.63, 3.8) is 0 Å². The molecule has 1 unspecified atom stereocenters. The van der Waals surface area contributed by atoms with Crippen LogP contribution in [0.15, 0.2) is 0 Å². The minimum Gasteiger partial charge on any atom is -0.395 e. The van der Waals surface area contributed by atoms with Crippen molar-refractivity contribution in [3.8, 4) is 0 Å². The predicted molar refractivity (Wildman–Crippen MR) is 91.8 cm³/mol. The summed E-state index contributed by atoms with van der Waals surface area (Å²) in [7, 11) is 0. The number of rotatable bonds is 10. The molecule has 1 fully saturated rings. The number of nitrogens with zero attached hydrogens (tertiary/aromatic N) is 1. The van der Waals surface area contributed by atoms with Gasteiger partial charge in [-0.1, -0.05) is 66.2 Å². The molecular weight excluding hydrogens is 262 g/mol. The molecule has 1 N–H and O–H groups in total. The second-order valence-corrected chi connectivity index (χ2v) is 5.86. The molecule has 21 heavy (non-hydrogen) atoms. The molecule has 0 aromatic heterocycles. The summed E-state index contributed by atoms with van der Waals surface area (Å²) >= 11 is 0. The van der Waals surface area contributed by atoms with Crippen molar-refractivity contribution in [3.05, 3.63) is 0 Å². The molecule has 0 aliphatic carbocycles. The summed E-state index contributed by atoms with van der Waals surface area (Å²) in [5.41, 5.74) is 0. The van der Waals surface area contributed by atoms with Gasteiger partial charge >= 0.3 is 0 Å². The van der Waals surface area contributed by atoms with E-state index in [-0.39, 0.29) is 6.61 Å². The Morgan fingerprint density at radius 1 is 1.14 bits per heavy atom. The highest BCUT2D eigenvalue weighted by Crippen LogP contribution is 2.22. The van der Waals surface area contributed by atoms with Gasteiger partial charge in [0.05, 0.1) is 19.8 Å². The number of aliphatic hydroxyl groups is 1. The monoisotopic (exact) mass is 301 g/mol. The fourth-order valence-electron chi connectivity index (χ4n) is 3.27. The molecule has 0 aromatic carbocycles. The lowest BCUT2D eigenvalue weighted by atomic mass is 9.91. The lowest BCUT2D eigenvalue weighted by molar-refractivity contribution is -0.0174. The third-order valence-electron chi connectivity index (χ3n) is 4.28. The van der Waals surface area contributed by atoms with E-state index in [4.69, 9.17) is 9.84 Å². The molecule has 0 saturated carbocycles. The summed E-state index contributed by atoms with van der Waals surface area (Å²) in [6.07, 6.45) is 9.29. The van der Waals surface area contributed by atoms with Crippen LogP contribution in [0.5, 0.6) is 0 Å². The Morgan fingerprint density at radius 3 is 2.38 bits per heavy atom. The molecular formula is C18H39NO2. The first-order valence-electron chi connectivity index (χ1n) is 9.24. The summed E-state index contributed by atoms with van der Waals surface area (Å²) in [6.45, 7) is 12.3. The number of morpholine rings is 1. The minimum absolute atomic E-state index is 0.269. The summed E-state index contributed by atoms with van der Waals surface area (Å²) in [5.74, 6) is 0.922. The first-order valence-corrected chi connectivity index (χ1v) is 9.24. The van der Waals surface area contributed by atoms with Crippen molar-refractivity contribution in [1.29, 1.82) is 0 Å². The molecule has 0 aromatic rings. The van der Waals surface area contributed by atoms with Gasteiger partial charge in [0.2, 0.25) is 0 Å². The maximum absolute atomic E-state index is 9.11. The van der Waals surface area contributed by atoms with E-state index in [2.05, 4.69) is 18.7 Å². The van der Waals surface area contributed by atoms with Crippen LogP contribution in [0.3, 0.4) is 0 Å². The van der Waals surface area contributed by atoms with E-state index in [1.165, 1.54) is 44.9 Å². The number of hydrogen-bond acceptors (Lipinski definition) is 3. The normalized spacial score (nSPS) is 19.4. The second-order valence-electron chi connectivity index (χ2n) is 5.86. The lowest BCUT2D eigenvalue weighted by Gasteiger charge is -2.35. The smallest absolute Gasteiger partial charge is 0.0622 e. The van der Waals surface area contributed by atoms with Gasteiger partial charge in [0.1, 0.15) is 0 Å². The Balaban J connectivity index is 0.00000191. The molecule has 1 saturated heterocycles. The zero-order chi connectivity index (χ0) is 15.9. The SMILES string of the molecule is CC.CCCC(CCC)CCCC1COCCN1CCO. The van der Waals surface area contributed by atoms with Gasteiger partial charge in [-0.05, 0) is 12.3 Å². The third-order valence-corrected chi connectivity index (χ3v) is 4.28. The maximum atomic E-state index is 9.11. The average Bonchev–Trinajstić information content (AvgIpc) is 2.52. The molecule has 0 bridgehead atoms. The molecule has 128 valence electrons. The van der Waals surface area contributed by atoms with Crippen LogP contribution in [0.4, 0.5) is 0 Å². The second kappa shape index (κ2) is 14.8. The van der Waals surface area contributed by atoms with E-state index in [0.717, 1.165) is 32.2 Å².